The minimum Gasteiger partial charge on any atom is -0.339 e. The van der Waals surface area contributed by atoms with Gasteiger partial charge in [0.05, 0.1) is 16.1 Å². The second-order valence-electron chi connectivity index (χ2n) is 8.52. The third-order valence-electron chi connectivity index (χ3n) is 6.33. The van der Waals surface area contributed by atoms with Gasteiger partial charge < -0.3 is 10.2 Å². The van der Waals surface area contributed by atoms with Crippen LogP contribution in [0.2, 0.25) is 0 Å². The van der Waals surface area contributed by atoms with E-state index >= 15 is 0 Å². The molecule has 7 nitrogen and oxygen atoms in total. The van der Waals surface area contributed by atoms with E-state index in [4.69, 9.17) is 0 Å². The van der Waals surface area contributed by atoms with Crippen molar-refractivity contribution in [3.05, 3.63) is 59.9 Å². The van der Waals surface area contributed by atoms with E-state index < -0.39 is 15.8 Å². The third-order valence-corrected chi connectivity index (χ3v) is 8.25. The summed E-state index contributed by atoms with van der Waals surface area (Å²) in [4.78, 5) is 27.8. The maximum absolute atomic E-state index is 13.1. The molecule has 9 heteroatoms. The second kappa shape index (κ2) is 10.0. The topological polar surface area (TPSA) is 86.8 Å². The summed E-state index contributed by atoms with van der Waals surface area (Å²) in [6.07, 6.45) is 3.83. The Kier molecular flexibility index (Phi) is 7.09. The van der Waals surface area contributed by atoms with Crippen LogP contribution < -0.4 is 5.32 Å². The molecule has 0 unspecified atom stereocenters. The van der Waals surface area contributed by atoms with Crippen molar-refractivity contribution in [2.45, 2.75) is 37.0 Å². The van der Waals surface area contributed by atoms with E-state index in [-0.39, 0.29) is 35.7 Å². The first-order valence-electron chi connectivity index (χ1n) is 11.3. The van der Waals surface area contributed by atoms with Crippen LogP contribution in [0.15, 0.2) is 53.4 Å². The molecule has 2 amide bonds. The van der Waals surface area contributed by atoms with E-state index in [0.29, 0.717) is 24.1 Å². The lowest BCUT2D eigenvalue weighted by Gasteiger charge is -2.31. The molecule has 4 rings (SSSR count). The molecule has 2 aromatic rings. The zero-order chi connectivity index (χ0) is 23.4. The standard InChI is InChI=1S/C24H28FN3O4S/c25-19-8-10-20(11-9-19)33(31,32)28-16-12-18(13-17-28)23(29)26-22-7-3-2-6-21(22)24(30)27-14-4-1-5-15-27/h2-3,6-11,18H,1,4-5,12-17H2,(H,26,29). The van der Waals surface area contributed by atoms with Crippen molar-refractivity contribution < 1.29 is 22.4 Å². The molecule has 0 saturated carbocycles. The Morgan fingerprint density at radius 2 is 1.52 bits per heavy atom. The number of carbonyl (C=O) groups is 2. The third kappa shape index (κ3) is 5.25. The summed E-state index contributed by atoms with van der Waals surface area (Å²) in [6.45, 7) is 1.85. The van der Waals surface area contributed by atoms with Gasteiger partial charge in [-0.1, -0.05) is 12.1 Å². The number of hydrogen-bond donors (Lipinski definition) is 1. The number of likely N-dealkylation sites (tertiary alicyclic amines) is 1. The lowest BCUT2D eigenvalue weighted by molar-refractivity contribution is -0.120. The van der Waals surface area contributed by atoms with Gasteiger partial charge >= 0.3 is 0 Å². The summed E-state index contributed by atoms with van der Waals surface area (Å²) in [7, 11) is -3.73. The monoisotopic (exact) mass is 473 g/mol. The zero-order valence-corrected chi connectivity index (χ0v) is 19.2. The summed E-state index contributed by atoms with van der Waals surface area (Å²) in [5, 5.41) is 2.90. The van der Waals surface area contributed by atoms with Crippen LogP contribution in [0, 0.1) is 11.7 Å². The molecule has 2 saturated heterocycles. The molecule has 33 heavy (non-hydrogen) atoms. The number of sulfonamides is 1. The Hall–Kier alpha value is -2.78. The minimum atomic E-state index is -3.73. The van der Waals surface area contributed by atoms with Gasteiger partial charge in [0.1, 0.15) is 5.82 Å². The van der Waals surface area contributed by atoms with E-state index in [9.17, 15) is 22.4 Å². The molecule has 176 valence electrons. The molecule has 2 aliphatic rings. The van der Waals surface area contributed by atoms with Crippen molar-refractivity contribution in [3.8, 4) is 0 Å². The molecule has 2 aliphatic heterocycles. The first-order valence-corrected chi connectivity index (χ1v) is 12.7. The van der Waals surface area contributed by atoms with Gasteiger partial charge in [-0.15, -0.1) is 0 Å². The summed E-state index contributed by atoms with van der Waals surface area (Å²) in [5.74, 6) is -1.15. The minimum absolute atomic E-state index is 0.0388. The molecule has 2 heterocycles. The lowest BCUT2D eigenvalue weighted by Crippen LogP contribution is -2.41. The van der Waals surface area contributed by atoms with Gasteiger partial charge in [0.25, 0.3) is 5.91 Å². The van der Waals surface area contributed by atoms with E-state index in [2.05, 4.69) is 5.32 Å². The summed E-state index contributed by atoms with van der Waals surface area (Å²) in [6, 6.07) is 11.8. The molecular weight excluding hydrogens is 445 g/mol. The average molecular weight is 474 g/mol. The quantitative estimate of drug-likeness (QED) is 0.720. The van der Waals surface area contributed by atoms with Gasteiger partial charge in [-0.25, -0.2) is 12.8 Å². The van der Waals surface area contributed by atoms with Crippen LogP contribution >= 0.6 is 0 Å². The highest BCUT2D eigenvalue weighted by Gasteiger charge is 2.32. The Morgan fingerprint density at radius 1 is 0.879 bits per heavy atom. The smallest absolute Gasteiger partial charge is 0.255 e. The largest absolute Gasteiger partial charge is 0.339 e. The highest BCUT2D eigenvalue weighted by molar-refractivity contribution is 7.89. The van der Waals surface area contributed by atoms with Crippen molar-refractivity contribution in [2.24, 2.45) is 5.92 Å². The molecule has 2 aromatic carbocycles. The number of hydrogen-bond acceptors (Lipinski definition) is 4. The zero-order valence-electron chi connectivity index (χ0n) is 18.4. The van der Waals surface area contributed by atoms with Gasteiger partial charge in [0.15, 0.2) is 0 Å². The maximum atomic E-state index is 13.1. The Labute approximate surface area is 193 Å². The average Bonchev–Trinajstić information content (AvgIpc) is 2.85. The molecule has 2 fully saturated rings. The highest BCUT2D eigenvalue weighted by atomic mass is 32.2. The summed E-state index contributed by atoms with van der Waals surface area (Å²) < 4.78 is 40.1. The normalized spacial score (nSPS) is 18.2. The Bertz CT molecular complexity index is 1110. The first kappa shape index (κ1) is 23.4. The Morgan fingerprint density at radius 3 is 2.18 bits per heavy atom. The number of para-hydroxylation sites is 1. The van der Waals surface area contributed by atoms with E-state index in [0.717, 1.165) is 44.5 Å². The number of piperidine rings is 2. The SMILES string of the molecule is O=C(Nc1ccccc1C(=O)N1CCCCC1)C1CCN(S(=O)(=O)c2ccc(F)cc2)CC1. The highest BCUT2D eigenvalue weighted by Crippen LogP contribution is 2.26. The fraction of sp³-hybridized carbons (Fsp3) is 0.417. The van der Waals surface area contributed by atoms with Crippen LogP contribution in [0.4, 0.5) is 10.1 Å². The second-order valence-corrected chi connectivity index (χ2v) is 10.5. The van der Waals surface area contributed by atoms with Gasteiger partial charge in [0.2, 0.25) is 15.9 Å². The molecule has 0 radical (unpaired) electrons. The molecule has 0 bridgehead atoms. The molecule has 0 aliphatic carbocycles. The van der Waals surface area contributed by atoms with Crippen LogP contribution in [-0.4, -0.2) is 55.6 Å². The summed E-state index contributed by atoms with van der Waals surface area (Å²) in [5.41, 5.74) is 0.962. The molecule has 0 atom stereocenters. The fourth-order valence-corrected chi connectivity index (χ4v) is 5.86. The first-order chi connectivity index (χ1) is 15.9. The predicted molar refractivity (Wildman–Crippen MR) is 123 cm³/mol. The van der Waals surface area contributed by atoms with Gasteiger partial charge in [0, 0.05) is 32.1 Å². The lowest BCUT2D eigenvalue weighted by atomic mass is 9.97. The number of carbonyl (C=O) groups excluding carboxylic acids is 2. The van der Waals surface area contributed by atoms with Crippen molar-refractivity contribution in [1.82, 2.24) is 9.21 Å². The van der Waals surface area contributed by atoms with E-state index in [1.165, 1.54) is 16.4 Å². The van der Waals surface area contributed by atoms with Crippen molar-refractivity contribution in [1.29, 1.82) is 0 Å². The molecule has 0 spiro atoms. The van der Waals surface area contributed by atoms with E-state index in [1.807, 2.05) is 4.90 Å². The number of rotatable bonds is 5. The fourth-order valence-electron chi connectivity index (χ4n) is 4.39. The van der Waals surface area contributed by atoms with Crippen LogP contribution in [0.3, 0.4) is 0 Å². The van der Waals surface area contributed by atoms with Crippen LogP contribution in [0.5, 0.6) is 0 Å². The van der Waals surface area contributed by atoms with Crippen molar-refractivity contribution in [3.63, 3.8) is 0 Å². The van der Waals surface area contributed by atoms with Gasteiger partial charge in [-0.05, 0) is 68.5 Å². The molecule has 0 aromatic heterocycles. The van der Waals surface area contributed by atoms with Gasteiger partial charge in [-0.2, -0.15) is 4.31 Å². The number of nitrogens with one attached hydrogen (secondary N) is 1. The van der Waals surface area contributed by atoms with Gasteiger partial charge in [-0.3, -0.25) is 9.59 Å². The number of halogens is 1. The number of nitrogens with zero attached hydrogens (tertiary/aromatic N) is 2. The predicted octanol–water partition coefficient (Wildman–Crippen LogP) is 3.49. The molecule has 1 N–H and O–H groups in total. The van der Waals surface area contributed by atoms with Crippen molar-refractivity contribution >= 4 is 27.5 Å². The number of amides is 2. The molecular formula is C24H28FN3O4S. The number of benzene rings is 2. The Balaban J connectivity index is 1.39. The van der Waals surface area contributed by atoms with Crippen molar-refractivity contribution in [2.75, 3.05) is 31.5 Å². The van der Waals surface area contributed by atoms with Crippen LogP contribution in [0.1, 0.15) is 42.5 Å². The van der Waals surface area contributed by atoms with Crippen LogP contribution in [-0.2, 0) is 14.8 Å². The van der Waals surface area contributed by atoms with Crippen LogP contribution in [0.25, 0.3) is 0 Å². The van der Waals surface area contributed by atoms with E-state index in [1.54, 1.807) is 24.3 Å². The summed E-state index contributed by atoms with van der Waals surface area (Å²) >= 11 is 0. The number of anilines is 1. The maximum Gasteiger partial charge on any atom is 0.255 e.